The van der Waals surface area contributed by atoms with Crippen LogP contribution in [-0.4, -0.2) is 37.0 Å². The van der Waals surface area contributed by atoms with Crippen molar-refractivity contribution in [2.45, 2.75) is 26.4 Å². The molecule has 0 saturated carbocycles. The molecule has 72 valence electrons. The molecule has 0 aromatic carbocycles. The summed E-state index contributed by atoms with van der Waals surface area (Å²) in [6, 6.07) is 0. The molecule has 4 nitrogen and oxygen atoms in total. The predicted molar refractivity (Wildman–Crippen MR) is 43.7 cm³/mol. The summed E-state index contributed by atoms with van der Waals surface area (Å²) in [6.45, 7) is 4.64. The van der Waals surface area contributed by atoms with Crippen molar-refractivity contribution in [1.82, 2.24) is 0 Å². The Morgan fingerprint density at radius 3 is 2.58 bits per heavy atom. The zero-order valence-electron chi connectivity index (χ0n) is 7.58. The molecule has 1 N–H and O–H groups in total. The van der Waals surface area contributed by atoms with Crippen LogP contribution < -0.4 is 0 Å². The van der Waals surface area contributed by atoms with E-state index < -0.39 is 6.10 Å². The van der Waals surface area contributed by atoms with Gasteiger partial charge in [-0.25, -0.2) is 0 Å². The molecule has 12 heavy (non-hydrogen) atoms. The SMILES string of the molecule is CCOC[C@H](O)CC(=O)OCC. The lowest BCUT2D eigenvalue weighted by molar-refractivity contribution is -0.146. The molecule has 0 spiro atoms. The van der Waals surface area contributed by atoms with E-state index in [2.05, 4.69) is 4.74 Å². The molecule has 4 heteroatoms. The molecule has 0 heterocycles. The molecular weight excluding hydrogens is 160 g/mol. The fourth-order valence-electron chi connectivity index (χ4n) is 0.725. The van der Waals surface area contributed by atoms with Gasteiger partial charge in [0.2, 0.25) is 0 Å². The van der Waals surface area contributed by atoms with Gasteiger partial charge in [-0.05, 0) is 13.8 Å². The van der Waals surface area contributed by atoms with E-state index in [0.29, 0.717) is 13.2 Å². The van der Waals surface area contributed by atoms with Gasteiger partial charge in [0.1, 0.15) is 0 Å². The highest BCUT2D eigenvalue weighted by atomic mass is 16.5. The van der Waals surface area contributed by atoms with Crippen molar-refractivity contribution >= 4 is 5.97 Å². The Labute approximate surface area is 72.5 Å². The van der Waals surface area contributed by atoms with Crippen molar-refractivity contribution in [3.63, 3.8) is 0 Å². The van der Waals surface area contributed by atoms with Crippen molar-refractivity contribution in [2.24, 2.45) is 0 Å². The molecule has 0 aromatic rings. The van der Waals surface area contributed by atoms with Gasteiger partial charge in [0.25, 0.3) is 0 Å². The second-order valence-electron chi connectivity index (χ2n) is 2.32. The Hall–Kier alpha value is -0.610. The van der Waals surface area contributed by atoms with Crippen LogP contribution in [0, 0.1) is 0 Å². The maximum atomic E-state index is 10.8. The lowest BCUT2D eigenvalue weighted by Gasteiger charge is -2.08. The molecule has 0 bridgehead atoms. The number of hydrogen-bond donors (Lipinski definition) is 1. The lowest BCUT2D eigenvalue weighted by Crippen LogP contribution is -2.20. The maximum absolute atomic E-state index is 10.8. The van der Waals surface area contributed by atoms with E-state index >= 15 is 0 Å². The van der Waals surface area contributed by atoms with Gasteiger partial charge >= 0.3 is 5.97 Å². The van der Waals surface area contributed by atoms with E-state index in [-0.39, 0.29) is 19.0 Å². The van der Waals surface area contributed by atoms with E-state index in [1.54, 1.807) is 6.92 Å². The van der Waals surface area contributed by atoms with Crippen LogP contribution in [0.5, 0.6) is 0 Å². The van der Waals surface area contributed by atoms with Gasteiger partial charge in [-0.3, -0.25) is 4.79 Å². The molecule has 0 unspecified atom stereocenters. The van der Waals surface area contributed by atoms with Crippen LogP contribution in [0.25, 0.3) is 0 Å². The molecule has 0 aromatic heterocycles. The number of hydrogen-bond acceptors (Lipinski definition) is 4. The van der Waals surface area contributed by atoms with Gasteiger partial charge in [0.15, 0.2) is 0 Å². The fraction of sp³-hybridized carbons (Fsp3) is 0.875. The largest absolute Gasteiger partial charge is 0.466 e. The van der Waals surface area contributed by atoms with Crippen LogP contribution >= 0.6 is 0 Å². The van der Waals surface area contributed by atoms with Crippen LogP contribution in [0.4, 0.5) is 0 Å². The average molecular weight is 176 g/mol. The molecule has 0 aliphatic rings. The normalized spacial score (nSPS) is 12.6. The molecule has 0 fully saturated rings. The number of ether oxygens (including phenoxy) is 2. The molecule has 0 aliphatic heterocycles. The number of carbonyl (C=O) groups excluding carboxylic acids is 1. The summed E-state index contributed by atoms with van der Waals surface area (Å²) in [4.78, 5) is 10.8. The van der Waals surface area contributed by atoms with Crippen LogP contribution in [0.2, 0.25) is 0 Å². The smallest absolute Gasteiger partial charge is 0.308 e. The topological polar surface area (TPSA) is 55.8 Å². The first-order valence-corrected chi connectivity index (χ1v) is 4.12. The summed E-state index contributed by atoms with van der Waals surface area (Å²) >= 11 is 0. The highest BCUT2D eigenvalue weighted by molar-refractivity contribution is 5.69. The predicted octanol–water partition coefficient (Wildman–Crippen LogP) is 0.337. The summed E-state index contributed by atoms with van der Waals surface area (Å²) in [5.41, 5.74) is 0. The molecule has 0 rings (SSSR count). The zero-order chi connectivity index (χ0) is 9.40. The van der Waals surface area contributed by atoms with Gasteiger partial charge in [-0.1, -0.05) is 0 Å². The Morgan fingerprint density at radius 1 is 1.42 bits per heavy atom. The second-order valence-corrected chi connectivity index (χ2v) is 2.32. The van der Waals surface area contributed by atoms with Crippen molar-refractivity contribution in [2.75, 3.05) is 19.8 Å². The first-order valence-electron chi connectivity index (χ1n) is 4.12. The Bertz CT molecular complexity index is 124. The number of rotatable bonds is 6. The van der Waals surface area contributed by atoms with Crippen molar-refractivity contribution in [3.8, 4) is 0 Å². The summed E-state index contributed by atoms with van der Waals surface area (Å²) < 4.78 is 9.55. The number of carbonyl (C=O) groups is 1. The Balaban J connectivity index is 3.40. The van der Waals surface area contributed by atoms with Crippen LogP contribution in [0.1, 0.15) is 20.3 Å². The zero-order valence-corrected chi connectivity index (χ0v) is 7.58. The summed E-state index contributed by atoms with van der Waals surface area (Å²) in [7, 11) is 0. The van der Waals surface area contributed by atoms with Gasteiger partial charge < -0.3 is 14.6 Å². The third-order valence-electron chi connectivity index (χ3n) is 1.22. The van der Waals surface area contributed by atoms with Gasteiger partial charge in [-0.15, -0.1) is 0 Å². The first kappa shape index (κ1) is 11.4. The summed E-state index contributed by atoms with van der Waals surface area (Å²) in [6.07, 6.45) is -0.739. The molecule has 0 amide bonds. The van der Waals surface area contributed by atoms with Crippen molar-refractivity contribution in [3.05, 3.63) is 0 Å². The third-order valence-corrected chi connectivity index (χ3v) is 1.22. The summed E-state index contributed by atoms with van der Waals surface area (Å²) in [5, 5.41) is 9.15. The third kappa shape index (κ3) is 6.12. The van der Waals surface area contributed by atoms with E-state index in [9.17, 15) is 4.79 Å². The van der Waals surface area contributed by atoms with Crippen LogP contribution in [-0.2, 0) is 14.3 Å². The van der Waals surface area contributed by atoms with E-state index in [0.717, 1.165) is 0 Å². The van der Waals surface area contributed by atoms with Crippen molar-refractivity contribution in [1.29, 1.82) is 0 Å². The minimum atomic E-state index is -0.746. The second kappa shape index (κ2) is 7.06. The highest BCUT2D eigenvalue weighted by Crippen LogP contribution is 1.95. The minimum Gasteiger partial charge on any atom is -0.466 e. The lowest BCUT2D eigenvalue weighted by atomic mass is 10.3. The number of aliphatic hydroxyl groups is 1. The monoisotopic (exact) mass is 176 g/mol. The van der Waals surface area contributed by atoms with Crippen molar-refractivity contribution < 1.29 is 19.4 Å². The standard InChI is InChI=1S/C8H16O4/c1-3-11-6-7(9)5-8(10)12-4-2/h7,9H,3-6H2,1-2H3/t7-/m1/s1. The summed E-state index contributed by atoms with van der Waals surface area (Å²) in [5.74, 6) is -0.385. The molecule has 0 radical (unpaired) electrons. The molecular formula is C8H16O4. The van der Waals surface area contributed by atoms with Crippen LogP contribution in [0.3, 0.4) is 0 Å². The number of aliphatic hydroxyl groups excluding tert-OH is 1. The van der Waals surface area contributed by atoms with E-state index in [1.165, 1.54) is 0 Å². The average Bonchev–Trinajstić information content (AvgIpc) is 2.01. The first-order chi connectivity index (χ1) is 5.70. The molecule has 0 aliphatic carbocycles. The fourth-order valence-corrected chi connectivity index (χ4v) is 0.725. The van der Waals surface area contributed by atoms with E-state index in [1.807, 2.05) is 6.92 Å². The highest BCUT2D eigenvalue weighted by Gasteiger charge is 2.10. The van der Waals surface area contributed by atoms with Gasteiger partial charge in [-0.2, -0.15) is 0 Å². The minimum absolute atomic E-state index is 0.00778. The Kier molecular flexibility index (Phi) is 6.70. The maximum Gasteiger partial charge on any atom is 0.308 e. The quantitative estimate of drug-likeness (QED) is 0.593. The van der Waals surface area contributed by atoms with Gasteiger partial charge in [0, 0.05) is 6.61 Å². The molecule has 0 saturated heterocycles. The Morgan fingerprint density at radius 2 is 2.08 bits per heavy atom. The van der Waals surface area contributed by atoms with Crippen LogP contribution in [0.15, 0.2) is 0 Å². The van der Waals surface area contributed by atoms with Gasteiger partial charge in [0.05, 0.1) is 25.7 Å². The van der Waals surface area contributed by atoms with E-state index in [4.69, 9.17) is 9.84 Å². The number of esters is 1. The molecule has 1 atom stereocenters.